The van der Waals surface area contributed by atoms with Gasteiger partial charge in [0.1, 0.15) is 0 Å². The van der Waals surface area contributed by atoms with Crippen molar-refractivity contribution in [2.45, 2.75) is 37.5 Å². The molecule has 2 aromatic carbocycles. The number of hydrogen-bond donors (Lipinski definition) is 1. The second-order valence-corrected chi connectivity index (χ2v) is 7.09. The van der Waals surface area contributed by atoms with Crippen LogP contribution >= 0.6 is 27.7 Å². The average Bonchev–Trinajstić information content (AvgIpc) is 2.47. The highest BCUT2D eigenvalue weighted by atomic mass is 79.9. The van der Waals surface area contributed by atoms with Crippen molar-refractivity contribution in [2.75, 3.05) is 6.54 Å². The average molecular weight is 364 g/mol. The molecule has 0 aromatic heterocycles. The second-order valence-electron chi connectivity index (χ2n) is 5.22. The minimum absolute atomic E-state index is 0.940. The molecule has 0 aliphatic heterocycles. The Morgan fingerprint density at radius 1 is 1.10 bits per heavy atom. The maximum atomic E-state index is 3.70. The van der Waals surface area contributed by atoms with Gasteiger partial charge in [0.25, 0.3) is 0 Å². The monoisotopic (exact) mass is 363 g/mol. The van der Waals surface area contributed by atoms with Gasteiger partial charge in [-0.1, -0.05) is 42.8 Å². The molecule has 112 valence electrons. The Labute approximate surface area is 140 Å². The number of hydrogen-bond acceptors (Lipinski definition) is 2. The van der Waals surface area contributed by atoms with E-state index in [0.29, 0.717) is 0 Å². The fourth-order valence-corrected chi connectivity index (χ4v) is 3.78. The summed E-state index contributed by atoms with van der Waals surface area (Å²) < 4.78 is 1.19. The smallest absolute Gasteiger partial charge is 0.0314 e. The topological polar surface area (TPSA) is 12.0 Å². The van der Waals surface area contributed by atoms with E-state index >= 15 is 0 Å². The summed E-state index contributed by atoms with van der Waals surface area (Å²) >= 11 is 5.57. The van der Waals surface area contributed by atoms with Crippen molar-refractivity contribution in [3.05, 3.63) is 63.6 Å². The first-order valence-electron chi connectivity index (χ1n) is 7.36. The van der Waals surface area contributed by atoms with Gasteiger partial charge in [-0.05, 0) is 59.1 Å². The normalized spacial score (nSPS) is 10.8. The van der Waals surface area contributed by atoms with Crippen LogP contribution in [0.25, 0.3) is 0 Å². The van der Waals surface area contributed by atoms with Crippen LogP contribution in [0.5, 0.6) is 0 Å². The largest absolute Gasteiger partial charge is 0.313 e. The van der Waals surface area contributed by atoms with Crippen LogP contribution in [0.1, 0.15) is 30.0 Å². The lowest BCUT2D eigenvalue weighted by Gasteiger charge is -2.08. The maximum Gasteiger partial charge on any atom is 0.0314 e. The van der Waals surface area contributed by atoms with Gasteiger partial charge in [0, 0.05) is 21.7 Å². The molecule has 0 atom stereocenters. The third-order valence-electron chi connectivity index (χ3n) is 3.23. The molecule has 0 aliphatic carbocycles. The summed E-state index contributed by atoms with van der Waals surface area (Å²) in [6.45, 7) is 6.34. The van der Waals surface area contributed by atoms with Crippen LogP contribution in [-0.4, -0.2) is 6.54 Å². The van der Waals surface area contributed by atoms with Crippen molar-refractivity contribution in [1.29, 1.82) is 0 Å². The molecule has 0 aliphatic rings. The molecule has 1 N–H and O–H groups in total. The minimum atomic E-state index is 0.940. The molecule has 0 saturated carbocycles. The summed E-state index contributed by atoms with van der Waals surface area (Å²) in [7, 11) is 0. The van der Waals surface area contributed by atoms with Gasteiger partial charge in [-0.15, -0.1) is 11.8 Å². The zero-order valence-corrected chi connectivity index (χ0v) is 15.1. The first-order valence-corrected chi connectivity index (χ1v) is 9.14. The zero-order valence-electron chi connectivity index (χ0n) is 12.7. The molecule has 0 amide bonds. The van der Waals surface area contributed by atoms with Crippen LogP contribution in [0.2, 0.25) is 0 Å². The van der Waals surface area contributed by atoms with Crippen LogP contribution in [0.3, 0.4) is 0 Å². The van der Waals surface area contributed by atoms with Gasteiger partial charge in [0.15, 0.2) is 0 Å². The number of nitrogens with one attached hydrogen (secondary N) is 1. The first-order chi connectivity index (χ1) is 10.2. The summed E-state index contributed by atoms with van der Waals surface area (Å²) in [6, 6.07) is 15.4. The van der Waals surface area contributed by atoms with E-state index in [1.807, 2.05) is 11.8 Å². The lowest BCUT2D eigenvalue weighted by Crippen LogP contribution is -2.13. The molecule has 0 unspecified atom stereocenters. The third kappa shape index (κ3) is 5.50. The van der Waals surface area contributed by atoms with Gasteiger partial charge in [-0.25, -0.2) is 0 Å². The first kappa shape index (κ1) is 16.6. The SMILES string of the molecule is CCCNCc1ccc(SCc2cccc(C)c2)c(Br)c1. The number of benzene rings is 2. The molecular formula is C18H22BrNS. The zero-order chi connectivity index (χ0) is 15.1. The Kier molecular flexibility index (Phi) is 6.81. The Bertz CT molecular complexity index is 583. The lowest BCUT2D eigenvalue weighted by atomic mass is 10.2. The number of halogens is 1. The Balaban J connectivity index is 1.94. The van der Waals surface area contributed by atoms with E-state index in [4.69, 9.17) is 0 Å². The molecule has 0 saturated heterocycles. The molecule has 0 heterocycles. The fraction of sp³-hybridized carbons (Fsp3) is 0.333. The molecule has 1 nitrogen and oxygen atoms in total. The van der Waals surface area contributed by atoms with Gasteiger partial charge in [0.2, 0.25) is 0 Å². The van der Waals surface area contributed by atoms with Crippen LogP contribution in [-0.2, 0) is 12.3 Å². The van der Waals surface area contributed by atoms with Crippen LogP contribution < -0.4 is 5.32 Å². The number of thioether (sulfide) groups is 1. The van der Waals surface area contributed by atoms with E-state index in [2.05, 4.69) is 77.6 Å². The number of aryl methyl sites for hydroxylation is 1. The lowest BCUT2D eigenvalue weighted by molar-refractivity contribution is 0.675. The molecule has 0 fully saturated rings. The Morgan fingerprint density at radius 3 is 2.67 bits per heavy atom. The van der Waals surface area contributed by atoms with Crippen LogP contribution in [0.4, 0.5) is 0 Å². The molecule has 0 radical (unpaired) electrons. The summed E-state index contributed by atoms with van der Waals surface area (Å²) in [5, 5.41) is 3.43. The Hall–Kier alpha value is -0.770. The van der Waals surface area contributed by atoms with Crippen molar-refractivity contribution >= 4 is 27.7 Å². The summed E-state index contributed by atoms with van der Waals surface area (Å²) in [6.07, 6.45) is 1.17. The highest BCUT2D eigenvalue weighted by molar-refractivity contribution is 9.10. The van der Waals surface area contributed by atoms with Gasteiger partial charge < -0.3 is 5.32 Å². The van der Waals surface area contributed by atoms with Gasteiger partial charge in [-0.3, -0.25) is 0 Å². The van der Waals surface area contributed by atoms with Crippen molar-refractivity contribution in [3.63, 3.8) is 0 Å². The van der Waals surface area contributed by atoms with Gasteiger partial charge in [-0.2, -0.15) is 0 Å². The van der Waals surface area contributed by atoms with Crippen LogP contribution in [0, 0.1) is 6.92 Å². The molecule has 0 bridgehead atoms. The molecule has 0 spiro atoms. The standard InChI is InChI=1S/C18H22BrNS/c1-3-9-20-12-15-7-8-18(17(19)11-15)21-13-16-6-4-5-14(2)10-16/h4-8,10-11,20H,3,9,12-13H2,1-2H3. The van der Waals surface area contributed by atoms with Crippen molar-refractivity contribution in [2.24, 2.45) is 0 Å². The minimum Gasteiger partial charge on any atom is -0.313 e. The van der Waals surface area contributed by atoms with E-state index in [9.17, 15) is 0 Å². The predicted molar refractivity (Wildman–Crippen MR) is 96.9 cm³/mol. The fourth-order valence-electron chi connectivity index (χ4n) is 2.14. The van der Waals surface area contributed by atoms with Crippen molar-refractivity contribution in [3.8, 4) is 0 Å². The predicted octanol–water partition coefficient (Wildman–Crippen LogP) is 5.55. The van der Waals surface area contributed by atoms with E-state index in [1.54, 1.807) is 0 Å². The van der Waals surface area contributed by atoms with E-state index in [1.165, 1.54) is 32.5 Å². The van der Waals surface area contributed by atoms with Crippen molar-refractivity contribution < 1.29 is 0 Å². The van der Waals surface area contributed by atoms with Gasteiger partial charge >= 0.3 is 0 Å². The highest BCUT2D eigenvalue weighted by Crippen LogP contribution is 2.31. The highest BCUT2D eigenvalue weighted by Gasteiger charge is 2.03. The Morgan fingerprint density at radius 2 is 1.95 bits per heavy atom. The summed E-state index contributed by atoms with van der Waals surface area (Å²) in [5.41, 5.74) is 4.03. The quantitative estimate of drug-likeness (QED) is 0.511. The van der Waals surface area contributed by atoms with E-state index in [0.717, 1.165) is 18.8 Å². The molecule has 3 heteroatoms. The van der Waals surface area contributed by atoms with Crippen LogP contribution in [0.15, 0.2) is 51.8 Å². The second kappa shape index (κ2) is 8.62. The molecule has 21 heavy (non-hydrogen) atoms. The molecule has 2 rings (SSSR count). The summed E-state index contributed by atoms with van der Waals surface area (Å²) in [4.78, 5) is 1.30. The number of rotatable bonds is 7. The van der Waals surface area contributed by atoms with Gasteiger partial charge in [0.05, 0.1) is 0 Å². The van der Waals surface area contributed by atoms with E-state index < -0.39 is 0 Å². The van der Waals surface area contributed by atoms with Crippen molar-refractivity contribution in [1.82, 2.24) is 5.32 Å². The molecule has 2 aromatic rings. The van der Waals surface area contributed by atoms with E-state index in [-0.39, 0.29) is 0 Å². The maximum absolute atomic E-state index is 3.70. The third-order valence-corrected chi connectivity index (χ3v) is 5.29. The molecular weight excluding hydrogens is 342 g/mol. The summed E-state index contributed by atoms with van der Waals surface area (Å²) in [5.74, 6) is 1.01.